The molecule has 0 radical (unpaired) electrons. The Kier molecular flexibility index (Phi) is 6.04. The predicted molar refractivity (Wildman–Crippen MR) is 121 cm³/mol. The van der Waals surface area contributed by atoms with Crippen LogP contribution in [0.1, 0.15) is 78.6 Å². The molecule has 3 fully saturated rings. The van der Waals surface area contributed by atoms with Gasteiger partial charge in [0.1, 0.15) is 0 Å². The molecule has 0 aliphatic heterocycles. The number of esters is 1. The van der Waals surface area contributed by atoms with Crippen LogP contribution in [0, 0.1) is 28.6 Å². The molecule has 4 aliphatic carbocycles. The number of ether oxygens (including phenoxy) is 1. The first-order valence-electron chi connectivity index (χ1n) is 11.9. The molecule has 4 aliphatic rings. The zero-order valence-electron chi connectivity index (χ0n) is 18.9. The lowest BCUT2D eigenvalue weighted by molar-refractivity contribution is -0.200. The normalized spacial score (nSPS) is 44.0. The average molecular weight is 495 g/mol. The van der Waals surface area contributed by atoms with Crippen LogP contribution in [-0.4, -0.2) is 39.7 Å². The molecular weight excluding hydrogens is 460 g/mol. The zero-order chi connectivity index (χ0) is 22.6. The Labute approximate surface area is 193 Å². The molecule has 172 valence electrons. The molecule has 0 bridgehead atoms. The van der Waals surface area contributed by atoms with Crippen molar-refractivity contribution in [2.45, 2.75) is 90.3 Å². The molecule has 0 heterocycles. The summed E-state index contributed by atoms with van der Waals surface area (Å²) < 4.78 is 6.05. The highest BCUT2D eigenvalue weighted by Crippen LogP contribution is 2.68. The van der Waals surface area contributed by atoms with Gasteiger partial charge in [-0.15, -0.1) is 0 Å². The van der Waals surface area contributed by atoms with E-state index in [1.807, 2.05) is 13.0 Å². The lowest BCUT2D eigenvalue weighted by Crippen LogP contribution is -2.63. The minimum absolute atomic E-state index is 0.0832. The number of carbonyl (C=O) groups excluding carboxylic acids is 3. The van der Waals surface area contributed by atoms with Gasteiger partial charge in [0.25, 0.3) is 0 Å². The van der Waals surface area contributed by atoms with E-state index in [2.05, 4.69) is 29.8 Å². The standard InChI is InChI=1S/C25H35BrO5/c1-4-5-21(30)31-25(20(29)14-26)11-9-18-17-7-6-15-12-16(27)8-10-23(15,2)22(17)19(28)13-24(18,25)3/h12,17-19,22,28H,4-11,13-14H2,1-3H3/t17-,18-,19?,22+,23-,24-,25-/m0/s1. The van der Waals surface area contributed by atoms with Gasteiger partial charge in [0, 0.05) is 18.3 Å². The van der Waals surface area contributed by atoms with Crippen LogP contribution in [0.3, 0.4) is 0 Å². The van der Waals surface area contributed by atoms with Crippen molar-refractivity contribution in [2.24, 2.45) is 28.6 Å². The second-order valence-electron chi connectivity index (χ2n) is 10.7. The van der Waals surface area contributed by atoms with Crippen LogP contribution in [-0.2, 0) is 19.1 Å². The quantitative estimate of drug-likeness (QED) is 0.448. The van der Waals surface area contributed by atoms with Crippen LogP contribution in [0.25, 0.3) is 0 Å². The van der Waals surface area contributed by atoms with Gasteiger partial charge in [-0.05, 0) is 74.2 Å². The highest BCUT2D eigenvalue weighted by atomic mass is 79.9. The lowest BCUT2D eigenvalue weighted by atomic mass is 9.45. The second kappa shape index (κ2) is 8.09. The molecule has 0 aromatic rings. The van der Waals surface area contributed by atoms with Gasteiger partial charge in [-0.2, -0.15) is 0 Å². The van der Waals surface area contributed by atoms with Gasteiger partial charge in [-0.3, -0.25) is 14.4 Å². The molecule has 1 N–H and O–H groups in total. The Bertz CT molecular complexity index is 821. The Morgan fingerprint density at radius 3 is 2.65 bits per heavy atom. The SMILES string of the molecule is CCCC(=O)O[C@]1(C(=O)CBr)CC[C@H]2[C@@H]3CCC4=CC(=O)CC[C@]4(C)[C@H]3C(O)C[C@@]21C. The number of aliphatic hydroxyl groups excluding tert-OH is 1. The molecule has 31 heavy (non-hydrogen) atoms. The molecule has 0 aromatic carbocycles. The van der Waals surface area contributed by atoms with E-state index in [0.29, 0.717) is 32.1 Å². The van der Waals surface area contributed by atoms with Crippen molar-refractivity contribution in [1.82, 2.24) is 0 Å². The molecule has 0 amide bonds. The van der Waals surface area contributed by atoms with Gasteiger partial charge in [0.15, 0.2) is 17.2 Å². The number of ketones is 2. The zero-order valence-corrected chi connectivity index (χ0v) is 20.5. The summed E-state index contributed by atoms with van der Waals surface area (Å²) in [5, 5.41) is 11.7. The largest absolute Gasteiger partial charge is 0.450 e. The molecule has 5 nitrogen and oxygen atoms in total. The van der Waals surface area contributed by atoms with Crippen molar-refractivity contribution in [1.29, 1.82) is 0 Å². The Hall–Kier alpha value is -1.01. The van der Waals surface area contributed by atoms with Crippen LogP contribution in [0.2, 0.25) is 0 Å². The average Bonchev–Trinajstić information content (AvgIpc) is 3.00. The summed E-state index contributed by atoms with van der Waals surface area (Å²) in [6.45, 7) is 6.22. The fourth-order valence-corrected chi connectivity index (χ4v) is 8.37. The highest BCUT2D eigenvalue weighted by Gasteiger charge is 2.70. The third kappa shape index (κ3) is 3.30. The van der Waals surface area contributed by atoms with E-state index < -0.39 is 17.1 Å². The number of hydrogen-bond acceptors (Lipinski definition) is 5. The number of fused-ring (bicyclic) bond motifs is 5. The van der Waals surface area contributed by atoms with E-state index in [1.165, 1.54) is 5.57 Å². The predicted octanol–water partition coefficient (Wildman–Crippen LogP) is 4.54. The number of aliphatic hydroxyl groups is 1. The van der Waals surface area contributed by atoms with Crippen molar-refractivity contribution >= 4 is 33.5 Å². The van der Waals surface area contributed by atoms with Gasteiger partial charge in [0.05, 0.1) is 11.4 Å². The number of allylic oxidation sites excluding steroid dienone is 1. The minimum Gasteiger partial charge on any atom is -0.450 e. The second-order valence-corrected chi connectivity index (χ2v) is 11.3. The van der Waals surface area contributed by atoms with Crippen LogP contribution in [0.15, 0.2) is 11.6 Å². The summed E-state index contributed by atoms with van der Waals surface area (Å²) in [5.41, 5.74) is -0.716. The van der Waals surface area contributed by atoms with E-state index >= 15 is 0 Å². The van der Waals surface area contributed by atoms with Crippen molar-refractivity contribution in [3.8, 4) is 0 Å². The summed E-state index contributed by atoms with van der Waals surface area (Å²) in [5.74, 6) is 0.361. The third-order valence-electron chi connectivity index (χ3n) is 9.33. The number of hydrogen-bond donors (Lipinski definition) is 1. The fourth-order valence-electron chi connectivity index (χ4n) is 7.92. The Morgan fingerprint density at radius 2 is 1.97 bits per heavy atom. The molecular formula is C25H35BrO5. The van der Waals surface area contributed by atoms with E-state index in [-0.39, 0.29) is 46.0 Å². The van der Waals surface area contributed by atoms with Gasteiger partial charge in [0.2, 0.25) is 0 Å². The first-order valence-corrected chi connectivity index (χ1v) is 13.0. The summed E-state index contributed by atoms with van der Waals surface area (Å²) in [7, 11) is 0. The van der Waals surface area contributed by atoms with Gasteiger partial charge >= 0.3 is 5.97 Å². The van der Waals surface area contributed by atoms with E-state index in [1.54, 1.807) is 0 Å². The third-order valence-corrected chi connectivity index (χ3v) is 9.84. The monoisotopic (exact) mass is 494 g/mol. The first-order chi connectivity index (χ1) is 14.6. The van der Waals surface area contributed by atoms with Crippen molar-refractivity contribution in [3.05, 3.63) is 11.6 Å². The lowest BCUT2D eigenvalue weighted by Gasteiger charge is -2.60. The van der Waals surface area contributed by atoms with Crippen molar-refractivity contribution in [3.63, 3.8) is 0 Å². The molecule has 1 unspecified atom stereocenters. The minimum atomic E-state index is -1.17. The smallest absolute Gasteiger partial charge is 0.306 e. The fraction of sp³-hybridized carbons (Fsp3) is 0.800. The summed E-state index contributed by atoms with van der Waals surface area (Å²) in [6.07, 6.45) is 7.15. The summed E-state index contributed by atoms with van der Waals surface area (Å²) >= 11 is 3.33. The molecule has 4 rings (SSSR count). The first kappa shape index (κ1) is 23.2. The van der Waals surface area contributed by atoms with E-state index in [0.717, 1.165) is 25.7 Å². The van der Waals surface area contributed by atoms with Gasteiger partial charge in [-0.1, -0.05) is 42.3 Å². The van der Waals surface area contributed by atoms with Crippen LogP contribution < -0.4 is 0 Å². The molecule has 0 saturated heterocycles. The molecule has 7 atom stereocenters. The molecule has 6 heteroatoms. The number of alkyl halides is 1. The molecule has 3 saturated carbocycles. The Morgan fingerprint density at radius 1 is 1.23 bits per heavy atom. The van der Waals surface area contributed by atoms with E-state index in [9.17, 15) is 19.5 Å². The number of Topliss-reactive ketones (excluding diaryl/α,β-unsaturated/α-hetero) is 1. The number of rotatable bonds is 5. The van der Waals surface area contributed by atoms with Gasteiger partial charge in [-0.25, -0.2) is 0 Å². The number of carbonyl (C=O) groups is 3. The van der Waals surface area contributed by atoms with Gasteiger partial charge < -0.3 is 9.84 Å². The molecule has 0 spiro atoms. The maximum Gasteiger partial charge on any atom is 0.306 e. The van der Waals surface area contributed by atoms with Crippen LogP contribution in [0.5, 0.6) is 0 Å². The van der Waals surface area contributed by atoms with E-state index in [4.69, 9.17) is 4.74 Å². The summed E-state index contributed by atoms with van der Waals surface area (Å²) in [6, 6.07) is 0. The Balaban J connectivity index is 1.73. The van der Waals surface area contributed by atoms with Crippen molar-refractivity contribution in [2.75, 3.05) is 5.33 Å². The number of halogens is 1. The van der Waals surface area contributed by atoms with Crippen LogP contribution in [0.4, 0.5) is 0 Å². The topological polar surface area (TPSA) is 80.7 Å². The summed E-state index contributed by atoms with van der Waals surface area (Å²) in [4.78, 5) is 37.9. The van der Waals surface area contributed by atoms with Crippen molar-refractivity contribution < 1.29 is 24.2 Å². The maximum absolute atomic E-state index is 13.3. The maximum atomic E-state index is 13.3. The van der Waals surface area contributed by atoms with Crippen LogP contribution >= 0.6 is 15.9 Å². The highest BCUT2D eigenvalue weighted by molar-refractivity contribution is 9.09. The molecule has 0 aromatic heterocycles.